The maximum absolute atomic E-state index is 12.8. The number of hydrogen-bond donors (Lipinski definition) is 0. The van der Waals surface area contributed by atoms with Crippen LogP contribution >= 0.6 is 15.9 Å². The van der Waals surface area contributed by atoms with Crippen LogP contribution in [0.3, 0.4) is 0 Å². The number of rotatable bonds is 7. The SMILES string of the molecule is CON(C)C(=O)COCc1cc(S(=O)(=O)N2CCCCC2)ccc1Br. The Morgan fingerprint density at radius 2 is 1.96 bits per heavy atom. The number of benzene rings is 1. The summed E-state index contributed by atoms with van der Waals surface area (Å²) in [7, 11) is -0.613. The third kappa shape index (κ3) is 5.24. The van der Waals surface area contributed by atoms with Crippen LogP contribution in [-0.4, -0.2) is 57.5 Å². The number of amides is 1. The minimum atomic E-state index is -3.50. The molecule has 1 aliphatic heterocycles. The molecule has 0 aliphatic carbocycles. The van der Waals surface area contributed by atoms with Gasteiger partial charge in [-0.15, -0.1) is 0 Å². The Labute approximate surface area is 157 Å². The van der Waals surface area contributed by atoms with E-state index in [1.807, 2.05) is 0 Å². The molecule has 9 heteroatoms. The lowest BCUT2D eigenvalue weighted by Crippen LogP contribution is -2.35. The molecule has 0 N–H and O–H groups in total. The smallest absolute Gasteiger partial charge is 0.271 e. The summed E-state index contributed by atoms with van der Waals surface area (Å²) in [5.41, 5.74) is 0.672. The van der Waals surface area contributed by atoms with Gasteiger partial charge in [-0.1, -0.05) is 22.4 Å². The molecule has 1 aromatic carbocycles. The van der Waals surface area contributed by atoms with Gasteiger partial charge in [0.05, 0.1) is 18.6 Å². The lowest BCUT2D eigenvalue weighted by molar-refractivity contribution is -0.173. The lowest BCUT2D eigenvalue weighted by Gasteiger charge is -2.26. The fourth-order valence-electron chi connectivity index (χ4n) is 2.52. The number of likely N-dealkylation sites (N-methyl/N-ethyl adjacent to an activating group) is 1. The minimum absolute atomic E-state index is 0.118. The molecule has 1 fully saturated rings. The van der Waals surface area contributed by atoms with Crippen molar-refractivity contribution < 1.29 is 22.8 Å². The number of piperidine rings is 1. The Kier molecular flexibility index (Phi) is 7.38. The van der Waals surface area contributed by atoms with E-state index in [0.717, 1.165) is 28.8 Å². The van der Waals surface area contributed by atoms with Gasteiger partial charge in [0.1, 0.15) is 6.61 Å². The van der Waals surface area contributed by atoms with Crippen molar-refractivity contribution in [2.24, 2.45) is 0 Å². The number of hydrogen-bond acceptors (Lipinski definition) is 5. The monoisotopic (exact) mass is 434 g/mol. The Morgan fingerprint density at radius 1 is 1.28 bits per heavy atom. The molecule has 0 atom stereocenters. The Morgan fingerprint density at radius 3 is 2.60 bits per heavy atom. The molecular weight excluding hydrogens is 412 g/mol. The molecule has 140 valence electrons. The van der Waals surface area contributed by atoms with Gasteiger partial charge in [0.2, 0.25) is 10.0 Å². The van der Waals surface area contributed by atoms with Crippen molar-refractivity contribution in [3.05, 3.63) is 28.2 Å². The molecule has 1 heterocycles. The average molecular weight is 435 g/mol. The quantitative estimate of drug-likeness (QED) is 0.614. The maximum atomic E-state index is 12.8. The van der Waals surface area contributed by atoms with E-state index in [1.54, 1.807) is 18.2 Å². The highest BCUT2D eigenvalue weighted by Crippen LogP contribution is 2.25. The van der Waals surface area contributed by atoms with Gasteiger partial charge in [0.25, 0.3) is 5.91 Å². The fourth-order valence-corrected chi connectivity index (χ4v) is 4.45. The normalized spacial score (nSPS) is 16.0. The summed E-state index contributed by atoms with van der Waals surface area (Å²) in [5.74, 6) is -0.323. The molecule has 1 amide bonds. The highest BCUT2D eigenvalue weighted by molar-refractivity contribution is 9.10. The first kappa shape index (κ1) is 20.3. The third-order valence-corrected chi connectivity index (χ3v) is 6.75. The van der Waals surface area contributed by atoms with Gasteiger partial charge < -0.3 is 4.74 Å². The van der Waals surface area contributed by atoms with Crippen LogP contribution < -0.4 is 0 Å². The highest BCUT2D eigenvalue weighted by atomic mass is 79.9. The largest absolute Gasteiger partial charge is 0.367 e. The zero-order chi connectivity index (χ0) is 18.4. The van der Waals surface area contributed by atoms with E-state index < -0.39 is 10.0 Å². The van der Waals surface area contributed by atoms with Crippen molar-refractivity contribution in [2.45, 2.75) is 30.8 Å². The van der Waals surface area contributed by atoms with Crippen molar-refractivity contribution >= 4 is 31.9 Å². The summed E-state index contributed by atoms with van der Waals surface area (Å²) in [6, 6.07) is 4.87. The Bertz CT molecular complexity index is 704. The zero-order valence-electron chi connectivity index (χ0n) is 14.4. The van der Waals surface area contributed by atoms with Crippen molar-refractivity contribution in [3.8, 4) is 0 Å². The summed E-state index contributed by atoms with van der Waals surface area (Å²) in [6.07, 6.45) is 2.84. The molecule has 0 radical (unpaired) electrons. The summed E-state index contributed by atoms with van der Waals surface area (Å²) < 4.78 is 33.2. The molecule has 7 nitrogen and oxygen atoms in total. The number of carbonyl (C=O) groups excluding carboxylic acids is 1. The van der Waals surface area contributed by atoms with Crippen LogP contribution in [0.4, 0.5) is 0 Å². The van der Waals surface area contributed by atoms with Gasteiger partial charge in [-0.25, -0.2) is 13.5 Å². The molecule has 1 aliphatic rings. The number of hydroxylamine groups is 2. The molecule has 0 bridgehead atoms. The highest BCUT2D eigenvalue weighted by Gasteiger charge is 2.26. The van der Waals surface area contributed by atoms with Crippen LogP contribution in [-0.2, 0) is 31.0 Å². The van der Waals surface area contributed by atoms with Gasteiger partial charge in [-0.05, 0) is 36.6 Å². The lowest BCUT2D eigenvalue weighted by atomic mass is 10.2. The molecular formula is C16H23BrN2O5S. The van der Waals surface area contributed by atoms with E-state index in [2.05, 4.69) is 15.9 Å². The third-order valence-electron chi connectivity index (χ3n) is 4.08. The molecule has 0 unspecified atom stereocenters. The predicted octanol–water partition coefficient (Wildman–Crippen LogP) is 2.16. The van der Waals surface area contributed by atoms with Gasteiger partial charge in [0.15, 0.2) is 0 Å². The second-order valence-corrected chi connectivity index (χ2v) is 8.58. The van der Waals surface area contributed by atoms with Crippen molar-refractivity contribution in [1.82, 2.24) is 9.37 Å². The van der Waals surface area contributed by atoms with E-state index in [0.29, 0.717) is 18.7 Å². The minimum Gasteiger partial charge on any atom is -0.367 e. The first-order valence-corrected chi connectivity index (χ1v) is 10.3. The van der Waals surface area contributed by atoms with Crippen LogP contribution in [0.2, 0.25) is 0 Å². The van der Waals surface area contributed by atoms with Crippen LogP contribution in [0.15, 0.2) is 27.6 Å². The van der Waals surface area contributed by atoms with Crippen molar-refractivity contribution in [3.63, 3.8) is 0 Å². The van der Waals surface area contributed by atoms with Crippen LogP contribution in [0.25, 0.3) is 0 Å². The van der Waals surface area contributed by atoms with Crippen molar-refractivity contribution in [1.29, 1.82) is 0 Å². The first-order chi connectivity index (χ1) is 11.9. The van der Waals surface area contributed by atoms with Crippen molar-refractivity contribution in [2.75, 3.05) is 33.9 Å². The molecule has 1 aromatic rings. The number of nitrogens with zero attached hydrogens (tertiary/aromatic N) is 2. The number of ether oxygens (including phenoxy) is 1. The first-order valence-electron chi connectivity index (χ1n) is 8.03. The standard InChI is InChI=1S/C16H23BrN2O5S/c1-18(23-2)16(20)12-24-11-13-10-14(6-7-15(13)17)25(21,22)19-8-4-3-5-9-19/h6-7,10H,3-5,8-9,11-12H2,1-2H3. The van der Waals surface area contributed by atoms with E-state index in [4.69, 9.17) is 9.57 Å². The van der Waals surface area contributed by atoms with E-state index in [1.165, 1.54) is 18.5 Å². The Balaban J connectivity index is 2.08. The second kappa shape index (κ2) is 9.09. The zero-order valence-corrected chi connectivity index (χ0v) is 16.8. The van der Waals surface area contributed by atoms with Gasteiger partial charge >= 0.3 is 0 Å². The van der Waals surface area contributed by atoms with Gasteiger partial charge in [-0.2, -0.15) is 4.31 Å². The Hall–Kier alpha value is -1.00. The summed E-state index contributed by atoms with van der Waals surface area (Å²) in [5, 5.41) is 1.08. The van der Waals surface area contributed by atoms with Gasteiger partial charge in [0, 0.05) is 24.6 Å². The van der Waals surface area contributed by atoms with Gasteiger partial charge in [-0.3, -0.25) is 9.63 Å². The second-order valence-electron chi connectivity index (χ2n) is 5.78. The van der Waals surface area contributed by atoms with Crippen LogP contribution in [0, 0.1) is 0 Å². The molecule has 0 saturated carbocycles. The fraction of sp³-hybridized carbons (Fsp3) is 0.562. The van der Waals surface area contributed by atoms with E-state index in [-0.39, 0.29) is 24.0 Å². The molecule has 1 saturated heterocycles. The summed E-state index contributed by atoms with van der Waals surface area (Å²) in [4.78, 5) is 16.7. The number of halogens is 1. The summed E-state index contributed by atoms with van der Waals surface area (Å²) in [6.45, 7) is 1.08. The molecule has 0 aromatic heterocycles. The van der Waals surface area contributed by atoms with Crippen LogP contribution in [0.1, 0.15) is 24.8 Å². The molecule has 25 heavy (non-hydrogen) atoms. The topological polar surface area (TPSA) is 76.1 Å². The van der Waals surface area contributed by atoms with Crippen LogP contribution in [0.5, 0.6) is 0 Å². The van der Waals surface area contributed by atoms with E-state index >= 15 is 0 Å². The molecule has 0 spiro atoms. The number of sulfonamides is 1. The predicted molar refractivity (Wildman–Crippen MR) is 96.2 cm³/mol. The molecule has 2 rings (SSSR count). The average Bonchev–Trinajstić information content (AvgIpc) is 2.63. The van der Waals surface area contributed by atoms with E-state index in [9.17, 15) is 13.2 Å². The number of carbonyl (C=O) groups is 1. The summed E-state index contributed by atoms with van der Waals surface area (Å²) >= 11 is 3.39. The maximum Gasteiger partial charge on any atom is 0.271 e.